The van der Waals surface area contributed by atoms with Gasteiger partial charge in [0, 0.05) is 12.4 Å². The first-order valence-corrected chi connectivity index (χ1v) is 5.05. The lowest BCUT2D eigenvalue weighted by atomic mass is 10.2. The van der Waals surface area contributed by atoms with Crippen molar-refractivity contribution < 1.29 is 4.74 Å². The minimum atomic E-state index is 1.02. The van der Waals surface area contributed by atoms with Gasteiger partial charge in [-0.3, -0.25) is 4.98 Å². The van der Waals surface area contributed by atoms with Crippen LogP contribution < -0.4 is 0 Å². The summed E-state index contributed by atoms with van der Waals surface area (Å²) in [6, 6.07) is 15.3. The van der Waals surface area contributed by atoms with Crippen LogP contribution in [0.2, 0.25) is 0 Å². The molecular formula is C14H12N2O. The highest BCUT2D eigenvalue weighted by atomic mass is 16.5. The van der Waals surface area contributed by atoms with Crippen molar-refractivity contribution in [1.29, 1.82) is 5.26 Å². The van der Waals surface area contributed by atoms with Crippen molar-refractivity contribution >= 4 is 6.08 Å². The zero-order valence-electron chi connectivity index (χ0n) is 9.23. The molecule has 0 aliphatic rings. The maximum Gasteiger partial charge on any atom is 0.291 e. The zero-order chi connectivity index (χ0) is 12.2. The SMILES string of the molecule is N#CO/C=C/c1ccccc1.c1ccncc1. The van der Waals surface area contributed by atoms with Gasteiger partial charge in [-0.15, -0.1) is 5.26 Å². The van der Waals surface area contributed by atoms with Gasteiger partial charge in [-0.05, 0) is 23.8 Å². The van der Waals surface area contributed by atoms with Gasteiger partial charge in [0.2, 0.25) is 0 Å². The molecule has 0 aliphatic carbocycles. The molecule has 0 unspecified atom stereocenters. The molecule has 0 atom stereocenters. The highest BCUT2D eigenvalue weighted by Gasteiger charge is 1.80. The molecule has 0 spiro atoms. The Morgan fingerprint density at radius 3 is 2.12 bits per heavy atom. The fourth-order valence-corrected chi connectivity index (χ4v) is 1.02. The maximum atomic E-state index is 8.02. The summed E-state index contributed by atoms with van der Waals surface area (Å²) in [5.74, 6) is 0. The molecule has 1 aromatic heterocycles. The van der Waals surface area contributed by atoms with Gasteiger partial charge in [-0.2, -0.15) is 0 Å². The van der Waals surface area contributed by atoms with E-state index in [0.717, 1.165) is 5.56 Å². The Balaban J connectivity index is 0.000000202. The highest BCUT2D eigenvalue weighted by Crippen LogP contribution is 2.00. The first kappa shape index (κ1) is 12.5. The van der Waals surface area contributed by atoms with Crippen molar-refractivity contribution in [1.82, 2.24) is 4.98 Å². The number of hydrogen-bond acceptors (Lipinski definition) is 3. The van der Waals surface area contributed by atoms with Crippen molar-refractivity contribution in [3.05, 3.63) is 72.8 Å². The minimum absolute atomic E-state index is 1.02. The van der Waals surface area contributed by atoms with E-state index in [1.807, 2.05) is 48.5 Å². The van der Waals surface area contributed by atoms with Crippen LogP contribution in [0.5, 0.6) is 0 Å². The molecule has 0 amide bonds. The topological polar surface area (TPSA) is 45.9 Å². The van der Waals surface area contributed by atoms with Crippen molar-refractivity contribution in [2.45, 2.75) is 0 Å². The van der Waals surface area contributed by atoms with Gasteiger partial charge >= 0.3 is 0 Å². The number of pyridine rings is 1. The second-order valence-electron chi connectivity index (χ2n) is 2.95. The number of aromatic nitrogens is 1. The van der Waals surface area contributed by atoms with E-state index in [1.54, 1.807) is 24.7 Å². The van der Waals surface area contributed by atoms with Gasteiger partial charge in [0.25, 0.3) is 6.26 Å². The van der Waals surface area contributed by atoms with Crippen LogP contribution in [0.3, 0.4) is 0 Å². The van der Waals surface area contributed by atoms with Crippen LogP contribution in [0, 0.1) is 11.5 Å². The lowest BCUT2D eigenvalue weighted by Gasteiger charge is -1.88. The van der Waals surface area contributed by atoms with Crippen LogP contribution in [0.1, 0.15) is 5.56 Å². The molecule has 2 aromatic rings. The summed E-state index contributed by atoms with van der Waals surface area (Å²) < 4.78 is 4.36. The van der Waals surface area contributed by atoms with Crippen LogP contribution in [0.25, 0.3) is 6.08 Å². The number of rotatable bonds is 2. The molecule has 3 nitrogen and oxygen atoms in total. The molecule has 0 saturated carbocycles. The quantitative estimate of drug-likeness (QED) is 0.581. The highest BCUT2D eigenvalue weighted by molar-refractivity contribution is 5.47. The summed E-state index contributed by atoms with van der Waals surface area (Å²) in [6.45, 7) is 0. The average molecular weight is 224 g/mol. The first-order valence-electron chi connectivity index (χ1n) is 5.05. The van der Waals surface area contributed by atoms with Gasteiger partial charge in [-0.1, -0.05) is 36.4 Å². The molecule has 2 rings (SSSR count). The molecule has 1 aromatic carbocycles. The predicted octanol–water partition coefficient (Wildman–Crippen LogP) is 3.24. The Morgan fingerprint density at radius 1 is 1.00 bits per heavy atom. The first-order chi connectivity index (χ1) is 8.43. The number of benzene rings is 1. The standard InChI is InChI=1S/C9H7NO.C5H5N/c10-8-11-7-6-9-4-2-1-3-5-9;1-2-4-6-5-3-1/h1-7H;1-5H/b7-6+;. The van der Waals surface area contributed by atoms with Gasteiger partial charge in [0.15, 0.2) is 0 Å². The summed E-state index contributed by atoms with van der Waals surface area (Å²) >= 11 is 0. The third-order valence-corrected chi connectivity index (χ3v) is 1.75. The molecule has 0 aliphatic heterocycles. The number of ether oxygens (including phenoxy) is 1. The van der Waals surface area contributed by atoms with Crippen molar-refractivity contribution in [3.8, 4) is 6.26 Å². The van der Waals surface area contributed by atoms with E-state index in [2.05, 4.69) is 9.72 Å². The largest absolute Gasteiger partial charge is 0.396 e. The molecule has 0 fully saturated rings. The lowest BCUT2D eigenvalue weighted by molar-refractivity contribution is 0.432. The number of hydrogen-bond donors (Lipinski definition) is 0. The molecule has 17 heavy (non-hydrogen) atoms. The molecule has 1 heterocycles. The minimum Gasteiger partial charge on any atom is -0.396 e. The third-order valence-electron chi connectivity index (χ3n) is 1.75. The van der Waals surface area contributed by atoms with E-state index < -0.39 is 0 Å². The molecule has 0 N–H and O–H groups in total. The van der Waals surface area contributed by atoms with E-state index in [0.29, 0.717) is 0 Å². The van der Waals surface area contributed by atoms with Gasteiger partial charge in [-0.25, -0.2) is 0 Å². The monoisotopic (exact) mass is 224 g/mol. The summed E-state index contributed by atoms with van der Waals surface area (Å²) in [7, 11) is 0. The van der Waals surface area contributed by atoms with Crippen LogP contribution in [0.4, 0.5) is 0 Å². The number of nitrogens with zero attached hydrogens (tertiary/aromatic N) is 2. The molecular weight excluding hydrogens is 212 g/mol. The molecule has 0 bridgehead atoms. The Labute approximate surface area is 101 Å². The molecule has 3 heteroatoms. The van der Waals surface area contributed by atoms with Gasteiger partial charge in [0.05, 0.1) is 0 Å². The summed E-state index contributed by atoms with van der Waals surface area (Å²) in [4.78, 5) is 3.78. The van der Waals surface area contributed by atoms with E-state index >= 15 is 0 Å². The van der Waals surface area contributed by atoms with Crippen molar-refractivity contribution in [2.24, 2.45) is 0 Å². The Morgan fingerprint density at radius 2 is 1.65 bits per heavy atom. The second-order valence-corrected chi connectivity index (χ2v) is 2.95. The predicted molar refractivity (Wildman–Crippen MR) is 66.4 cm³/mol. The molecule has 84 valence electrons. The van der Waals surface area contributed by atoms with Crippen LogP contribution in [-0.2, 0) is 4.74 Å². The third kappa shape index (κ3) is 6.47. The van der Waals surface area contributed by atoms with Gasteiger partial charge in [0.1, 0.15) is 6.26 Å². The summed E-state index contributed by atoms with van der Waals surface area (Å²) in [5, 5.41) is 8.02. The van der Waals surface area contributed by atoms with Crippen molar-refractivity contribution in [3.63, 3.8) is 0 Å². The zero-order valence-corrected chi connectivity index (χ0v) is 9.23. The lowest BCUT2D eigenvalue weighted by Crippen LogP contribution is -1.69. The Kier molecular flexibility index (Phi) is 6.37. The average Bonchev–Trinajstić information content (AvgIpc) is 2.43. The fraction of sp³-hybridized carbons (Fsp3) is 0. The van der Waals surface area contributed by atoms with Crippen molar-refractivity contribution in [2.75, 3.05) is 0 Å². The second kappa shape index (κ2) is 8.69. The molecule has 0 saturated heterocycles. The fourth-order valence-electron chi connectivity index (χ4n) is 1.02. The van der Waals surface area contributed by atoms with E-state index in [1.165, 1.54) is 6.26 Å². The summed E-state index contributed by atoms with van der Waals surface area (Å²) in [6.07, 6.45) is 8.13. The normalized spacial score (nSPS) is 8.88. The smallest absolute Gasteiger partial charge is 0.291 e. The van der Waals surface area contributed by atoms with E-state index in [4.69, 9.17) is 5.26 Å². The van der Waals surface area contributed by atoms with Gasteiger partial charge < -0.3 is 4.74 Å². The Hall–Kier alpha value is -2.60. The maximum absolute atomic E-state index is 8.02. The van der Waals surface area contributed by atoms with E-state index in [-0.39, 0.29) is 0 Å². The van der Waals surface area contributed by atoms with Crippen LogP contribution >= 0.6 is 0 Å². The van der Waals surface area contributed by atoms with Crippen LogP contribution in [-0.4, -0.2) is 4.98 Å². The summed E-state index contributed by atoms with van der Waals surface area (Å²) in [5.41, 5.74) is 1.02. The molecule has 0 radical (unpaired) electrons. The van der Waals surface area contributed by atoms with Crippen LogP contribution in [0.15, 0.2) is 67.2 Å². The Bertz CT molecular complexity index is 434. The number of nitriles is 1. The van der Waals surface area contributed by atoms with E-state index in [9.17, 15) is 0 Å².